The number of unbranched alkanes of at least 4 members (excludes halogenated alkanes) is 41. The van der Waals surface area contributed by atoms with Crippen molar-refractivity contribution in [1.82, 2.24) is 0 Å². The first-order valence-corrected chi connectivity index (χ1v) is 31.5. The number of carbonyl (C=O) groups is 3. The van der Waals surface area contributed by atoms with E-state index in [0.29, 0.717) is 19.3 Å². The molecule has 0 N–H and O–H groups in total. The Morgan fingerprint density at radius 1 is 0.282 bits per heavy atom. The van der Waals surface area contributed by atoms with Gasteiger partial charge in [0.05, 0.1) is 0 Å². The van der Waals surface area contributed by atoms with Gasteiger partial charge in [-0.2, -0.15) is 0 Å². The van der Waals surface area contributed by atoms with E-state index in [1.807, 2.05) is 0 Å². The lowest BCUT2D eigenvalue weighted by Gasteiger charge is -2.18. The monoisotopic (exact) mass is 997 g/mol. The maximum Gasteiger partial charge on any atom is 0.306 e. The molecule has 0 aromatic heterocycles. The summed E-state index contributed by atoms with van der Waals surface area (Å²) in [7, 11) is 0. The first-order chi connectivity index (χ1) is 35.0. The van der Waals surface area contributed by atoms with Crippen molar-refractivity contribution in [3.05, 3.63) is 36.5 Å². The van der Waals surface area contributed by atoms with Crippen LogP contribution in [-0.4, -0.2) is 37.2 Å². The van der Waals surface area contributed by atoms with Crippen LogP contribution in [0.3, 0.4) is 0 Å². The van der Waals surface area contributed by atoms with Gasteiger partial charge in [0.15, 0.2) is 6.10 Å². The van der Waals surface area contributed by atoms with E-state index < -0.39 is 6.10 Å². The molecule has 0 amide bonds. The van der Waals surface area contributed by atoms with Crippen LogP contribution in [0.4, 0.5) is 0 Å². The highest BCUT2D eigenvalue weighted by Gasteiger charge is 2.19. The molecule has 0 rings (SSSR count). The van der Waals surface area contributed by atoms with E-state index in [-0.39, 0.29) is 31.1 Å². The van der Waals surface area contributed by atoms with Crippen molar-refractivity contribution in [2.75, 3.05) is 13.2 Å². The van der Waals surface area contributed by atoms with E-state index >= 15 is 0 Å². The lowest BCUT2D eigenvalue weighted by Crippen LogP contribution is -2.30. The van der Waals surface area contributed by atoms with Crippen molar-refractivity contribution in [2.24, 2.45) is 0 Å². The van der Waals surface area contributed by atoms with E-state index in [9.17, 15) is 14.4 Å². The van der Waals surface area contributed by atoms with Crippen molar-refractivity contribution in [3.63, 3.8) is 0 Å². The minimum Gasteiger partial charge on any atom is -0.462 e. The molecule has 0 aromatic rings. The van der Waals surface area contributed by atoms with Gasteiger partial charge >= 0.3 is 17.9 Å². The van der Waals surface area contributed by atoms with Gasteiger partial charge in [0.25, 0.3) is 0 Å². The number of hydrogen-bond donors (Lipinski definition) is 0. The second-order valence-electron chi connectivity index (χ2n) is 21.3. The fourth-order valence-corrected chi connectivity index (χ4v) is 9.35. The standard InChI is InChI=1S/C65H120O6/c1-4-7-10-13-16-19-22-24-26-28-30-32-34-36-38-40-43-46-49-52-55-58-64(67)70-61-62(60-69-63(66)57-54-51-48-45-42-21-18-15-12-9-6-3)71-65(68)59-56-53-50-47-44-41-39-37-35-33-31-29-27-25-23-20-17-14-11-8-5-2/h22,24,28-31,62H,4-21,23,25-27,32-61H2,1-3H3/b24-22-,30-28-,31-29-. The quantitative estimate of drug-likeness (QED) is 0.0261. The molecule has 6 heteroatoms. The Balaban J connectivity index is 4.27. The zero-order valence-corrected chi connectivity index (χ0v) is 47.8. The summed E-state index contributed by atoms with van der Waals surface area (Å²) in [5, 5.41) is 0. The highest BCUT2D eigenvalue weighted by Crippen LogP contribution is 2.17. The van der Waals surface area contributed by atoms with Gasteiger partial charge < -0.3 is 14.2 Å². The van der Waals surface area contributed by atoms with Gasteiger partial charge in [-0.1, -0.05) is 282 Å². The summed E-state index contributed by atoms with van der Waals surface area (Å²) in [6.45, 7) is 6.67. The number of carbonyl (C=O) groups excluding carboxylic acids is 3. The summed E-state index contributed by atoms with van der Waals surface area (Å²) in [5.74, 6) is -0.857. The van der Waals surface area contributed by atoms with Gasteiger partial charge in [0, 0.05) is 19.3 Å². The van der Waals surface area contributed by atoms with E-state index in [0.717, 1.165) is 64.2 Å². The van der Waals surface area contributed by atoms with Crippen LogP contribution in [0.25, 0.3) is 0 Å². The van der Waals surface area contributed by atoms with Crippen LogP contribution < -0.4 is 0 Å². The first kappa shape index (κ1) is 68.6. The van der Waals surface area contributed by atoms with E-state index in [2.05, 4.69) is 57.2 Å². The Kier molecular flexibility index (Phi) is 58.2. The Labute approximate surface area is 442 Å². The molecule has 0 aliphatic heterocycles. The Hall–Kier alpha value is -2.37. The van der Waals surface area contributed by atoms with Gasteiger partial charge in [-0.3, -0.25) is 14.4 Å². The van der Waals surface area contributed by atoms with E-state index in [4.69, 9.17) is 14.2 Å². The van der Waals surface area contributed by atoms with Gasteiger partial charge in [-0.25, -0.2) is 0 Å². The van der Waals surface area contributed by atoms with Crippen molar-refractivity contribution >= 4 is 17.9 Å². The summed E-state index contributed by atoms with van der Waals surface area (Å²) in [6.07, 6.45) is 72.9. The molecular formula is C65H120O6. The normalized spacial score (nSPS) is 12.2. The summed E-state index contributed by atoms with van der Waals surface area (Å²) < 4.78 is 16.9. The average Bonchev–Trinajstić information content (AvgIpc) is 3.37. The maximum atomic E-state index is 12.9. The third kappa shape index (κ3) is 58.4. The molecule has 0 radical (unpaired) electrons. The topological polar surface area (TPSA) is 78.9 Å². The van der Waals surface area contributed by atoms with Crippen LogP contribution in [0.1, 0.15) is 342 Å². The number of esters is 3. The van der Waals surface area contributed by atoms with Gasteiger partial charge in [0.1, 0.15) is 13.2 Å². The zero-order chi connectivity index (χ0) is 51.4. The number of ether oxygens (including phenoxy) is 3. The third-order valence-electron chi connectivity index (χ3n) is 14.1. The molecular weight excluding hydrogens is 877 g/mol. The predicted molar refractivity (Wildman–Crippen MR) is 307 cm³/mol. The second-order valence-corrected chi connectivity index (χ2v) is 21.3. The minimum atomic E-state index is -0.772. The Morgan fingerprint density at radius 2 is 0.507 bits per heavy atom. The van der Waals surface area contributed by atoms with Crippen molar-refractivity contribution < 1.29 is 28.6 Å². The SMILES string of the molecule is CCCCCCC/C=C\C/C=C\CCCCCCCCCCCC(=O)OCC(COC(=O)CCCCCCCCCCCCC)OC(=O)CCCCCCCCCCC/C=C\CCCCCCCCCC. The van der Waals surface area contributed by atoms with Crippen molar-refractivity contribution in [1.29, 1.82) is 0 Å². The first-order valence-electron chi connectivity index (χ1n) is 31.5. The zero-order valence-electron chi connectivity index (χ0n) is 47.8. The predicted octanol–water partition coefficient (Wildman–Crippen LogP) is 21.2. The summed E-state index contributed by atoms with van der Waals surface area (Å²) in [4.78, 5) is 38.2. The molecule has 0 aliphatic carbocycles. The third-order valence-corrected chi connectivity index (χ3v) is 14.1. The molecule has 0 aliphatic rings. The van der Waals surface area contributed by atoms with Crippen LogP contribution >= 0.6 is 0 Å². The molecule has 0 saturated carbocycles. The highest BCUT2D eigenvalue weighted by molar-refractivity contribution is 5.71. The molecule has 0 bridgehead atoms. The highest BCUT2D eigenvalue weighted by atomic mass is 16.6. The van der Waals surface area contributed by atoms with Crippen LogP contribution in [0.2, 0.25) is 0 Å². The van der Waals surface area contributed by atoms with Gasteiger partial charge in [0.2, 0.25) is 0 Å². The Morgan fingerprint density at radius 3 is 0.789 bits per heavy atom. The lowest BCUT2D eigenvalue weighted by molar-refractivity contribution is -0.167. The summed E-state index contributed by atoms with van der Waals surface area (Å²) >= 11 is 0. The molecule has 416 valence electrons. The molecule has 0 aromatic carbocycles. The molecule has 1 atom stereocenters. The van der Waals surface area contributed by atoms with Crippen LogP contribution in [0.15, 0.2) is 36.5 Å². The van der Waals surface area contributed by atoms with Crippen molar-refractivity contribution in [3.8, 4) is 0 Å². The fourth-order valence-electron chi connectivity index (χ4n) is 9.35. The summed E-state index contributed by atoms with van der Waals surface area (Å²) in [5.41, 5.74) is 0. The number of allylic oxidation sites excluding steroid dienone is 6. The van der Waals surface area contributed by atoms with E-state index in [1.165, 1.54) is 238 Å². The van der Waals surface area contributed by atoms with Crippen LogP contribution in [0, 0.1) is 0 Å². The molecule has 1 unspecified atom stereocenters. The second kappa shape index (κ2) is 60.2. The smallest absolute Gasteiger partial charge is 0.306 e. The molecule has 0 fully saturated rings. The van der Waals surface area contributed by atoms with Gasteiger partial charge in [-0.15, -0.1) is 0 Å². The van der Waals surface area contributed by atoms with Gasteiger partial charge in [-0.05, 0) is 77.0 Å². The van der Waals surface area contributed by atoms with Crippen LogP contribution in [-0.2, 0) is 28.6 Å². The Bertz CT molecular complexity index is 1190. The number of rotatable bonds is 58. The molecule has 6 nitrogen and oxygen atoms in total. The summed E-state index contributed by atoms with van der Waals surface area (Å²) in [6, 6.07) is 0. The number of hydrogen-bond acceptors (Lipinski definition) is 6. The lowest BCUT2D eigenvalue weighted by atomic mass is 10.1. The largest absolute Gasteiger partial charge is 0.462 e. The van der Waals surface area contributed by atoms with E-state index in [1.54, 1.807) is 0 Å². The molecule has 0 spiro atoms. The molecule has 71 heavy (non-hydrogen) atoms. The maximum absolute atomic E-state index is 12.9. The van der Waals surface area contributed by atoms with Crippen molar-refractivity contribution in [2.45, 2.75) is 348 Å². The average molecular weight is 998 g/mol. The molecule has 0 heterocycles. The fraction of sp³-hybridized carbons (Fsp3) is 0.862. The molecule has 0 saturated heterocycles. The van der Waals surface area contributed by atoms with Crippen LogP contribution in [0.5, 0.6) is 0 Å². The minimum absolute atomic E-state index is 0.0703.